The van der Waals surface area contributed by atoms with Crippen molar-refractivity contribution >= 4 is 34.1 Å². The third-order valence-corrected chi connectivity index (χ3v) is 6.32. The van der Waals surface area contributed by atoms with Gasteiger partial charge in [-0.1, -0.05) is 100 Å². The van der Waals surface area contributed by atoms with Crippen LogP contribution in [0.5, 0.6) is 0 Å². The molecule has 0 amide bonds. The van der Waals surface area contributed by atoms with Crippen molar-refractivity contribution in [1.29, 1.82) is 0 Å². The maximum absolute atomic E-state index is 5.92. The third-order valence-electron chi connectivity index (χ3n) is 4.66. The molecule has 6 heteroatoms. The number of hydrogen-bond donors (Lipinski definition) is 0. The highest BCUT2D eigenvalue weighted by Crippen LogP contribution is 2.27. The first-order chi connectivity index (χ1) is 13.9. The van der Waals surface area contributed by atoms with Gasteiger partial charge in [-0.3, -0.25) is 0 Å². The summed E-state index contributed by atoms with van der Waals surface area (Å²) in [4.78, 5) is 10.5. The van der Waals surface area contributed by atoms with Crippen molar-refractivity contribution in [2.24, 2.45) is 9.98 Å². The van der Waals surface area contributed by atoms with E-state index in [1.54, 1.807) is 0 Å². The molecule has 0 radical (unpaired) electrons. The monoisotopic (exact) mass is 422 g/mol. The molecule has 0 spiro atoms. The topological polar surface area (TPSA) is 43.2 Å². The summed E-state index contributed by atoms with van der Waals surface area (Å²) in [7, 11) is 0. The SMILES string of the molecule is CCCCCCCCOC1=NC#SC1=C1S#CN=C1OCCCCCCCC. The van der Waals surface area contributed by atoms with E-state index in [1.807, 2.05) is 0 Å². The van der Waals surface area contributed by atoms with Crippen molar-refractivity contribution in [3.8, 4) is 10.6 Å². The quantitative estimate of drug-likeness (QED) is 0.281. The van der Waals surface area contributed by atoms with Crippen LogP contribution in [0.3, 0.4) is 0 Å². The molecule has 2 aliphatic rings. The van der Waals surface area contributed by atoms with Gasteiger partial charge in [-0.2, -0.15) is 9.98 Å². The number of aliphatic imine (C=N–C) groups is 2. The van der Waals surface area contributed by atoms with Crippen LogP contribution in [0.2, 0.25) is 0 Å². The summed E-state index contributed by atoms with van der Waals surface area (Å²) in [5, 5.41) is 5.91. The minimum absolute atomic E-state index is 0.653. The minimum atomic E-state index is 0.653. The Balaban J connectivity index is 1.72. The molecule has 0 unspecified atom stereocenters. The molecule has 2 rings (SSSR count). The number of nitrogens with zero attached hydrogens (tertiary/aromatic N) is 2. The number of rotatable bonds is 14. The number of ether oxygens (including phenoxy) is 2. The molecule has 28 heavy (non-hydrogen) atoms. The van der Waals surface area contributed by atoms with Gasteiger partial charge in [0.1, 0.15) is 9.81 Å². The largest absolute Gasteiger partial charge is 0.476 e. The molecule has 0 atom stereocenters. The van der Waals surface area contributed by atoms with E-state index in [0.29, 0.717) is 25.0 Å². The molecule has 0 aromatic rings. The van der Waals surface area contributed by atoms with Gasteiger partial charge in [0.2, 0.25) is 11.8 Å². The summed E-state index contributed by atoms with van der Waals surface area (Å²) in [6.45, 7) is 5.89. The van der Waals surface area contributed by atoms with E-state index in [4.69, 9.17) is 9.47 Å². The lowest BCUT2D eigenvalue weighted by atomic mass is 10.1. The summed E-state index contributed by atoms with van der Waals surface area (Å²) >= 11 is 2.92. The van der Waals surface area contributed by atoms with Crippen LogP contribution in [-0.4, -0.2) is 25.0 Å². The van der Waals surface area contributed by atoms with Gasteiger partial charge in [0, 0.05) is 0 Å². The minimum Gasteiger partial charge on any atom is -0.476 e. The van der Waals surface area contributed by atoms with E-state index in [0.717, 1.165) is 22.7 Å². The van der Waals surface area contributed by atoms with Crippen molar-refractivity contribution in [1.82, 2.24) is 0 Å². The predicted molar refractivity (Wildman–Crippen MR) is 124 cm³/mol. The van der Waals surface area contributed by atoms with E-state index in [1.165, 1.54) is 86.5 Å². The molecule has 2 aliphatic heterocycles. The van der Waals surface area contributed by atoms with Crippen LogP contribution in [0.4, 0.5) is 0 Å². The van der Waals surface area contributed by atoms with Gasteiger partial charge in [0.15, 0.2) is 0 Å². The van der Waals surface area contributed by atoms with Crippen LogP contribution in [-0.2, 0) is 9.47 Å². The molecule has 0 aromatic heterocycles. The first kappa shape index (κ1) is 23.0. The highest BCUT2D eigenvalue weighted by molar-refractivity contribution is 7.98. The maximum Gasteiger partial charge on any atom is 0.242 e. The van der Waals surface area contributed by atoms with E-state index in [-0.39, 0.29) is 0 Å². The molecule has 0 aromatic carbocycles. The Labute approximate surface area is 178 Å². The summed E-state index contributed by atoms with van der Waals surface area (Å²) < 4.78 is 11.8. The maximum atomic E-state index is 5.92. The second kappa shape index (κ2) is 14.6. The second-order valence-electron chi connectivity index (χ2n) is 7.11. The zero-order valence-electron chi connectivity index (χ0n) is 17.4. The van der Waals surface area contributed by atoms with Crippen LogP contribution in [0, 0.1) is 10.6 Å². The molecule has 2 heterocycles. The molecule has 0 fully saturated rings. The fourth-order valence-electron chi connectivity index (χ4n) is 2.99. The average Bonchev–Trinajstić information content (AvgIpc) is 3.35. The van der Waals surface area contributed by atoms with Crippen LogP contribution >= 0.6 is 22.3 Å². The molecule has 0 saturated carbocycles. The van der Waals surface area contributed by atoms with E-state index >= 15 is 0 Å². The Kier molecular flexibility index (Phi) is 12.0. The van der Waals surface area contributed by atoms with Gasteiger partial charge in [0.25, 0.3) is 0 Å². The Morgan fingerprint density at radius 1 is 0.607 bits per heavy atom. The fourth-order valence-corrected chi connectivity index (χ4v) is 4.43. The lowest BCUT2D eigenvalue weighted by Crippen LogP contribution is -2.12. The Morgan fingerprint density at radius 2 is 1.00 bits per heavy atom. The van der Waals surface area contributed by atoms with E-state index in [9.17, 15) is 0 Å². The summed E-state index contributed by atoms with van der Waals surface area (Å²) in [6.07, 6.45) is 15.0. The molecule has 4 nitrogen and oxygen atoms in total. The molecular formula is C22H34N2O2S2. The van der Waals surface area contributed by atoms with Crippen LogP contribution < -0.4 is 0 Å². The lowest BCUT2D eigenvalue weighted by Gasteiger charge is -2.10. The van der Waals surface area contributed by atoms with Gasteiger partial charge in [-0.05, 0) is 12.8 Å². The Hall–Kier alpha value is -1.32. The Morgan fingerprint density at radius 3 is 1.43 bits per heavy atom. The predicted octanol–water partition coefficient (Wildman–Crippen LogP) is 7.08. The van der Waals surface area contributed by atoms with Crippen molar-refractivity contribution in [2.45, 2.75) is 90.9 Å². The van der Waals surface area contributed by atoms with Crippen LogP contribution in [0.25, 0.3) is 0 Å². The van der Waals surface area contributed by atoms with Gasteiger partial charge in [0.05, 0.1) is 23.8 Å². The van der Waals surface area contributed by atoms with Gasteiger partial charge in [-0.25, -0.2) is 0 Å². The molecular weight excluding hydrogens is 388 g/mol. The van der Waals surface area contributed by atoms with Crippen LogP contribution in [0.15, 0.2) is 19.8 Å². The van der Waals surface area contributed by atoms with Crippen LogP contribution in [0.1, 0.15) is 90.9 Å². The van der Waals surface area contributed by atoms with E-state index in [2.05, 4.69) is 34.4 Å². The highest BCUT2D eigenvalue weighted by atomic mass is 32.1. The first-order valence-corrected chi connectivity index (χ1v) is 12.5. The third kappa shape index (κ3) is 8.36. The van der Waals surface area contributed by atoms with E-state index < -0.39 is 0 Å². The summed E-state index contributed by atoms with van der Waals surface area (Å²) in [6, 6.07) is 0. The smallest absolute Gasteiger partial charge is 0.242 e. The molecule has 0 saturated heterocycles. The van der Waals surface area contributed by atoms with Crippen molar-refractivity contribution in [3.63, 3.8) is 0 Å². The molecule has 0 bridgehead atoms. The summed E-state index contributed by atoms with van der Waals surface area (Å²) in [5.41, 5.74) is 0. The van der Waals surface area contributed by atoms with Gasteiger partial charge >= 0.3 is 0 Å². The zero-order valence-corrected chi connectivity index (χ0v) is 19.1. The standard InChI is InChI=1S/C22H34N2O2S2/c1-3-5-7-9-11-13-15-25-21-19(27-17-23-21)20-22(24-18-28-20)26-16-14-12-10-8-6-4-2/h3-16H2,1-2H3. The summed E-state index contributed by atoms with van der Waals surface area (Å²) in [5.74, 6) is 1.31. The average molecular weight is 423 g/mol. The van der Waals surface area contributed by atoms with Gasteiger partial charge in [-0.15, -0.1) is 0 Å². The Bertz CT molecular complexity index is 646. The first-order valence-electron chi connectivity index (χ1n) is 10.9. The second-order valence-corrected chi connectivity index (χ2v) is 8.70. The number of unbranched alkanes of at least 4 members (excludes halogenated alkanes) is 10. The normalized spacial score (nSPS) is 17.4. The number of hydrogen-bond acceptors (Lipinski definition) is 4. The molecule has 0 N–H and O–H groups in total. The van der Waals surface area contributed by atoms with Gasteiger partial charge < -0.3 is 9.47 Å². The lowest BCUT2D eigenvalue weighted by molar-refractivity contribution is 0.291. The molecule has 0 aliphatic carbocycles. The zero-order chi connectivity index (χ0) is 19.9. The fraction of sp³-hybridized carbons (Fsp3) is 0.727. The molecule has 156 valence electrons. The van der Waals surface area contributed by atoms with Crippen molar-refractivity contribution in [2.75, 3.05) is 13.2 Å². The highest BCUT2D eigenvalue weighted by Gasteiger charge is 2.23. The van der Waals surface area contributed by atoms with Crippen molar-refractivity contribution in [3.05, 3.63) is 9.81 Å². The van der Waals surface area contributed by atoms with Crippen molar-refractivity contribution < 1.29 is 9.47 Å².